The molecule has 0 spiro atoms. The minimum absolute atomic E-state index is 0.0525. The van der Waals surface area contributed by atoms with Crippen molar-refractivity contribution in [2.75, 3.05) is 18.5 Å². The van der Waals surface area contributed by atoms with E-state index in [4.69, 9.17) is 4.74 Å². The lowest BCUT2D eigenvalue weighted by Gasteiger charge is -2.25. The number of carboxylic acid groups (broad SMARTS) is 1. The molecule has 8 heteroatoms. The Morgan fingerprint density at radius 2 is 2.26 bits per heavy atom. The molecule has 0 bridgehead atoms. The van der Waals surface area contributed by atoms with Gasteiger partial charge < -0.3 is 20.5 Å². The predicted molar refractivity (Wildman–Crippen MR) is 83.7 cm³/mol. The van der Waals surface area contributed by atoms with Crippen LogP contribution in [0.4, 0.5) is 5.69 Å². The number of ether oxygens (including phenoxy) is 1. The summed E-state index contributed by atoms with van der Waals surface area (Å²) in [6.07, 6.45) is 0.225. The van der Waals surface area contributed by atoms with Crippen LogP contribution in [-0.2, 0) is 14.3 Å². The fourth-order valence-electron chi connectivity index (χ4n) is 2.53. The largest absolute Gasteiger partial charge is 0.479 e. The lowest BCUT2D eigenvalue weighted by atomic mass is 9.98. The Kier molecular flexibility index (Phi) is 4.03. The summed E-state index contributed by atoms with van der Waals surface area (Å²) in [7, 11) is 0. The third-order valence-corrected chi connectivity index (χ3v) is 5.13. The van der Waals surface area contributed by atoms with Gasteiger partial charge in [-0.1, -0.05) is 0 Å². The lowest BCUT2D eigenvalue weighted by molar-refractivity contribution is -0.144. The number of benzene rings is 1. The second kappa shape index (κ2) is 5.86. The number of hydrogen-bond acceptors (Lipinski definition) is 5. The van der Waals surface area contributed by atoms with Crippen molar-refractivity contribution < 1.29 is 24.2 Å². The smallest absolute Gasteiger partial charge is 0.331 e. The van der Waals surface area contributed by atoms with Crippen LogP contribution >= 0.6 is 11.8 Å². The first-order chi connectivity index (χ1) is 10.9. The molecule has 7 nitrogen and oxygen atoms in total. The van der Waals surface area contributed by atoms with Crippen LogP contribution in [0.2, 0.25) is 0 Å². The molecule has 2 aliphatic heterocycles. The molecule has 3 N–H and O–H groups in total. The summed E-state index contributed by atoms with van der Waals surface area (Å²) < 4.78 is 5.12. The van der Waals surface area contributed by atoms with Crippen LogP contribution in [-0.4, -0.2) is 46.9 Å². The fraction of sp³-hybridized carbons (Fsp3) is 0.400. The number of fused-ring (bicyclic) bond motifs is 1. The molecular formula is C15H16N2O5S. The fourth-order valence-corrected chi connectivity index (χ4v) is 3.46. The number of aliphatic carboxylic acids is 1. The van der Waals surface area contributed by atoms with Gasteiger partial charge in [0.15, 0.2) is 5.54 Å². The Labute approximate surface area is 136 Å². The van der Waals surface area contributed by atoms with Crippen molar-refractivity contribution in [3.05, 3.63) is 23.8 Å². The minimum Gasteiger partial charge on any atom is -0.479 e. The van der Waals surface area contributed by atoms with Crippen LogP contribution in [0.25, 0.3) is 0 Å². The van der Waals surface area contributed by atoms with Crippen molar-refractivity contribution in [1.29, 1.82) is 0 Å². The van der Waals surface area contributed by atoms with Crippen LogP contribution in [0.5, 0.6) is 0 Å². The number of thioether (sulfide) groups is 1. The van der Waals surface area contributed by atoms with Crippen molar-refractivity contribution in [2.24, 2.45) is 0 Å². The Balaban J connectivity index is 1.82. The molecular weight excluding hydrogens is 320 g/mol. The Hall–Kier alpha value is -2.06. The lowest BCUT2D eigenvalue weighted by Crippen LogP contribution is -2.55. The van der Waals surface area contributed by atoms with E-state index in [9.17, 15) is 19.5 Å². The number of carboxylic acids is 1. The minimum atomic E-state index is -1.39. The van der Waals surface area contributed by atoms with E-state index in [0.717, 1.165) is 4.90 Å². The number of rotatable bonds is 3. The molecule has 2 atom stereocenters. The van der Waals surface area contributed by atoms with Crippen molar-refractivity contribution in [2.45, 2.75) is 29.0 Å². The van der Waals surface area contributed by atoms with Crippen LogP contribution in [0, 0.1) is 0 Å². The maximum absolute atomic E-state index is 12.4. The molecule has 3 rings (SSSR count). The van der Waals surface area contributed by atoms with E-state index in [1.54, 1.807) is 25.1 Å². The van der Waals surface area contributed by atoms with E-state index in [-0.39, 0.29) is 24.2 Å². The Morgan fingerprint density at radius 3 is 2.91 bits per heavy atom. The quantitative estimate of drug-likeness (QED) is 0.763. The third kappa shape index (κ3) is 2.91. The standard InChI is InChI=1S/C15H16N2O5S/c1-8-12(18)16-10-6-9(2-3-11(10)23-8)13(19)17-15(14(20)21)4-5-22-7-15/h2-3,6,8H,4-5,7H2,1H3,(H,16,18)(H,17,19)(H,20,21). The molecule has 2 amide bonds. The van der Waals surface area contributed by atoms with Crippen LogP contribution in [0.3, 0.4) is 0 Å². The van der Waals surface area contributed by atoms with E-state index in [1.807, 2.05) is 0 Å². The first-order valence-electron chi connectivity index (χ1n) is 7.16. The summed E-state index contributed by atoms with van der Waals surface area (Å²) in [6, 6.07) is 4.94. The summed E-state index contributed by atoms with van der Waals surface area (Å²) >= 11 is 1.42. The molecule has 1 fully saturated rings. The normalized spacial score (nSPS) is 26.3. The van der Waals surface area contributed by atoms with E-state index >= 15 is 0 Å². The number of anilines is 1. The van der Waals surface area contributed by atoms with Crippen molar-refractivity contribution in [3.63, 3.8) is 0 Å². The summed E-state index contributed by atoms with van der Waals surface area (Å²) in [5, 5.41) is 14.5. The van der Waals surface area contributed by atoms with Gasteiger partial charge in [0.2, 0.25) is 5.91 Å². The van der Waals surface area contributed by atoms with Gasteiger partial charge in [-0.05, 0) is 25.1 Å². The van der Waals surface area contributed by atoms with E-state index in [0.29, 0.717) is 17.9 Å². The van der Waals surface area contributed by atoms with E-state index in [1.165, 1.54) is 11.8 Å². The molecule has 1 aromatic carbocycles. The SMILES string of the molecule is CC1Sc2ccc(C(=O)NC3(C(=O)O)CCOC3)cc2NC1=O. The average Bonchev–Trinajstić information content (AvgIpc) is 2.98. The summed E-state index contributed by atoms with van der Waals surface area (Å²) in [5.41, 5.74) is -0.524. The van der Waals surface area contributed by atoms with E-state index in [2.05, 4.69) is 10.6 Å². The first-order valence-corrected chi connectivity index (χ1v) is 8.04. The summed E-state index contributed by atoms with van der Waals surface area (Å²) in [4.78, 5) is 36.5. The maximum atomic E-state index is 12.4. The Morgan fingerprint density at radius 1 is 1.48 bits per heavy atom. The summed E-state index contributed by atoms with van der Waals surface area (Å²) in [6.45, 7) is 2.05. The molecule has 1 aromatic rings. The zero-order chi connectivity index (χ0) is 16.6. The molecule has 122 valence electrons. The highest BCUT2D eigenvalue weighted by molar-refractivity contribution is 8.00. The molecule has 2 aliphatic rings. The van der Waals surface area contributed by atoms with Gasteiger partial charge in [-0.15, -0.1) is 11.8 Å². The van der Waals surface area contributed by atoms with Crippen LogP contribution in [0.15, 0.2) is 23.1 Å². The van der Waals surface area contributed by atoms with Gasteiger partial charge in [-0.3, -0.25) is 9.59 Å². The topological polar surface area (TPSA) is 105 Å². The highest BCUT2D eigenvalue weighted by Crippen LogP contribution is 2.36. The van der Waals surface area contributed by atoms with Crippen molar-refractivity contribution >= 4 is 35.2 Å². The monoisotopic (exact) mass is 336 g/mol. The summed E-state index contributed by atoms with van der Waals surface area (Å²) in [5.74, 6) is -1.73. The van der Waals surface area contributed by atoms with E-state index < -0.39 is 17.4 Å². The maximum Gasteiger partial charge on any atom is 0.331 e. The van der Waals surface area contributed by atoms with Crippen molar-refractivity contribution in [1.82, 2.24) is 5.32 Å². The van der Waals surface area contributed by atoms with Crippen molar-refractivity contribution in [3.8, 4) is 0 Å². The number of hydrogen-bond donors (Lipinski definition) is 3. The average molecular weight is 336 g/mol. The third-order valence-electron chi connectivity index (χ3n) is 3.96. The molecule has 0 aliphatic carbocycles. The van der Waals surface area contributed by atoms with Gasteiger partial charge in [0.05, 0.1) is 17.5 Å². The highest BCUT2D eigenvalue weighted by Gasteiger charge is 2.44. The molecule has 1 saturated heterocycles. The van der Waals surface area contributed by atoms with Gasteiger partial charge in [-0.25, -0.2) is 4.79 Å². The molecule has 2 heterocycles. The molecule has 2 unspecified atom stereocenters. The highest BCUT2D eigenvalue weighted by atomic mass is 32.2. The van der Waals surface area contributed by atoms with Gasteiger partial charge in [0.1, 0.15) is 0 Å². The second-order valence-corrected chi connectivity index (χ2v) is 6.99. The molecule has 23 heavy (non-hydrogen) atoms. The Bertz CT molecular complexity index is 684. The van der Waals surface area contributed by atoms with Gasteiger partial charge in [0.25, 0.3) is 5.91 Å². The van der Waals surface area contributed by atoms with Crippen LogP contribution < -0.4 is 10.6 Å². The number of carbonyl (C=O) groups is 3. The molecule has 0 aromatic heterocycles. The second-order valence-electron chi connectivity index (χ2n) is 5.60. The number of carbonyl (C=O) groups excluding carboxylic acids is 2. The molecule has 0 saturated carbocycles. The zero-order valence-electron chi connectivity index (χ0n) is 12.4. The number of nitrogens with one attached hydrogen (secondary N) is 2. The molecule has 0 radical (unpaired) electrons. The van der Waals surface area contributed by atoms with Gasteiger partial charge in [-0.2, -0.15) is 0 Å². The van der Waals surface area contributed by atoms with Crippen LogP contribution in [0.1, 0.15) is 23.7 Å². The zero-order valence-corrected chi connectivity index (χ0v) is 13.2. The van der Waals surface area contributed by atoms with Gasteiger partial charge in [0, 0.05) is 23.5 Å². The predicted octanol–water partition coefficient (Wildman–Crippen LogP) is 1.09. The first kappa shape index (κ1) is 15.8. The van der Waals surface area contributed by atoms with Gasteiger partial charge >= 0.3 is 5.97 Å². The number of amides is 2.